The lowest BCUT2D eigenvalue weighted by molar-refractivity contribution is -0.122. The summed E-state index contributed by atoms with van der Waals surface area (Å²) in [7, 11) is 0. The Morgan fingerprint density at radius 3 is 2.70 bits per heavy atom. The lowest BCUT2D eigenvalue weighted by atomic mass is 10.1. The molecule has 20 heavy (non-hydrogen) atoms. The number of hydrogen-bond acceptors (Lipinski definition) is 3. The van der Waals surface area contributed by atoms with Gasteiger partial charge in [-0.1, -0.05) is 43.2 Å². The number of benzene rings is 1. The predicted octanol–water partition coefficient (Wildman–Crippen LogP) is 1.63. The summed E-state index contributed by atoms with van der Waals surface area (Å²) in [4.78, 5) is 11.9. The average molecular weight is 276 g/mol. The Morgan fingerprint density at radius 1 is 1.30 bits per heavy atom. The van der Waals surface area contributed by atoms with Gasteiger partial charge in [-0.15, -0.1) is 0 Å². The molecule has 1 aromatic rings. The van der Waals surface area contributed by atoms with Gasteiger partial charge in [0.1, 0.15) is 0 Å². The molecule has 1 aromatic carbocycles. The number of amides is 1. The number of ether oxygens (including phenoxy) is 1. The molecule has 0 aliphatic heterocycles. The van der Waals surface area contributed by atoms with E-state index in [4.69, 9.17) is 10.5 Å². The van der Waals surface area contributed by atoms with Crippen molar-refractivity contribution in [2.75, 3.05) is 13.2 Å². The lowest BCUT2D eigenvalue weighted by Crippen LogP contribution is -2.43. The summed E-state index contributed by atoms with van der Waals surface area (Å²) >= 11 is 0. The van der Waals surface area contributed by atoms with Crippen LogP contribution in [0.15, 0.2) is 30.3 Å². The molecule has 0 saturated heterocycles. The van der Waals surface area contributed by atoms with Crippen molar-refractivity contribution in [3.05, 3.63) is 35.9 Å². The van der Waals surface area contributed by atoms with E-state index in [-0.39, 0.29) is 5.91 Å². The first-order valence-corrected chi connectivity index (χ1v) is 7.44. The van der Waals surface area contributed by atoms with Crippen molar-refractivity contribution in [1.29, 1.82) is 0 Å². The summed E-state index contributed by atoms with van der Waals surface area (Å²) in [5.41, 5.74) is 6.98. The molecule has 4 heteroatoms. The zero-order chi connectivity index (χ0) is 14.2. The van der Waals surface area contributed by atoms with Gasteiger partial charge in [-0.2, -0.15) is 0 Å². The third-order valence-corrected chi connectivity index (χ3v) is 3.69. The van der Waals surface area contributed by atoms with Crippen LogP contribution in [0.5, 0.6) is 0 Å². The van der Waals surface area contributed by atoms with E-state index in [0.717, 1.165) is 18.4 Å². The smallest absolute Gasteiger partial charge is 0.237 e. The van der Waals surface area contributed by atoms with E-state index in [2.05, 4.69) is 5.32 Å². The summed E-state index contributed by atoms with van der Waals surface area (Å²) in [6, 6.07) is 9.33. The van der Waals surface area contributed by atoms with Crippen molar-refractivity contribution >= 4 is 5.91 Å². The Morgan fingerprint density at radius 2 is 2.00 bits per heavy atom. The molecule has 1 aliphatic rings. The Bertz CT molecular complexity index is 402. The molecule has 110 valence electrons. The Balaban J connectivity index is 1.61. The molecule has 0 radical (unpaired) electrons. The predicted molar refractivity (Wildman–Crippen MR) is 79.3 cm³/mol. The highest BCUT2D eigenvalue weighted by atomic mass is 16.5. The maximum absolute atomic E-state index is 11.9. The largest absolute Gasteiger partial charge is 0.376 e. The number of nitrogens with one attached hydrogen (secondary N) is 1. The van der Waals surface area contributed by atoms with E-state index < -0.39 is 6.04 Å². The van der Waals surface area contributed by atoms with Crippen LogP contribution in [0.2, 0.25) is 0 Å². The van der Waals surface area contributed by atoms with E-state index >= 15 is 0 Å². The molecule has 0 heterocycles. The summed E-state index contributed by atoms with van der Waals surface area (Å²) < 4.78 is 5.70. The second kappa shape index (κ2) is 8.02. The van der Waals surface area contributed by atoms with Crippen molar-refractivity contribution in [1.82, 2.24) is 5.32 Å². The third kappa shape index (κ3) is 4.94. The molecule has 0 aromatic heterocycles. The quantitative estimate of drug-likeness (QED) is 0.744. The molecular formula is C16H24N2O2. The molecule has 1 atom stereocenters. The van der Waals surface area contributed by atoms with Crippen LogP contribution < -0.4 is 11.1 Å². The van der Waals surface area contributed by atoms with E-state index in [1.54, 1.807) is 0 Å². The molecular weight excluding hydrogens is 252 g/mol. The van der Waals surface area contributed by atoms with Crippen molar-refractivity contribution in [3.8, 4) is 0 Å². The van der Waals surface area contributed by atoms with Crippen molar-refractivity contribution in [2.24, 2.45) is 5.73 Å². The second-order valence-electron chi connectivity index (χ2n) is 5.36. The van der Waals surface area contributed by atoms with Crippen LogP contribution in [0.25, 0.3) is 0 Å². The third-order valence-electron chi connectivity index (χ3n) is 3.69. The maximum atomic E-state index is 11.9. The summed E-state index contributed by atoms with van der Waals surface area (Å²) in [6.45, 7) is 1.12. The molecule has 4 nitrogen and oxygen atoms in total. The molecule has 0 unspecified atom stereocenters. The Labute approximate surface area is 120 Å². The standard InChI is InChI=1S/C16H24N2O2/c17-15(12-13-6-2-1-3-7-13)16(19)18-10-11-20-14-8-4-5-9-14/h1-3,6-7,14-15H,4-5,8-12,17H2,(H,18,19)/t15-/m0/s1. The topological polar surface area (TPSA) is 64.4 Å². The number of rotatable bonds is 7. The Kier molecular flexibility index (Phi) is 6.02. The summed E-state index contributed by atoms with van der Waals surface area (Å²) in [6.07, 6.45) is 5.79. The number of carbonyl (C=O) groups excluding carboxylic acids is 1. The molecule has 1 saturated carbocycles. The highest BCUT2D eigenvalue weighted by Crippen LogP contribution is 2.20. The zero-order valence-corrected chi connectivity index (χ0v) is 11.9. The summed E-state index contributed by atoms with van der Waals surface area (Å²) in [5.74, 6) is -0.108. The van der Waals surface area contributed by atoms with Gasteiger partial charge < -0.3 is 15.8 Å². The highest BCUT2D eigenvalue weighted by molar-refractivity contribution is 5.81. The van der Waals surface area contributed by atoms with E-state index in [9.17, 15) is 4.79 Å². The van der Waals surface area contributed by atoms with Gasteiger partial charge in [0.05, 0.1) is 18.8 Å². The van der Waals surface area contributed by atoms with Gasteiger partial charge in [-0.05, 0) is 24.8 Å². The van der Waals surface area contributed by atoms with Crippen molar-refractivity contribution < 1.29 is 9.53 Å². The first kappa shape index (κ1) is 15.0. The molecule has 3 N–H and O–H groups in total. The fourth-order valence-electron chi connectivity index (χ4n) is 2.55. The van der Waals surface area contributed by atoms with Gasteiger partial charge in [0.25, 0.3) is 0 Å². The maximum Gasteiger partial charge on any atom is 0.237 e. The number of hydrogen-bond donors (Lipinski definition) is 2. The normalized spacial score (nSPS) is 17.1. The monoisotopic (exact) mass is 276 g/mol. The molecule has 1 aliphatic carbocycles. The molecule has 2 rings (SSSR count). The molecule has 0 bridgehead atoms. The van der Waals surface area contributed by atoms with Crippen LogP contribution in [-0.2, 0) is 16.0 Å². The number of nitrogens with two attached hydrogens (primary N) is 1. The minimum absolute atomic E-state index is 0.108. The SMILES string of the molecule is N[C@@H](Cc1ccccc1)C(=O)NCCOC1CCCC1. The van der Waals surface area contributed by atoms with Gasteiger partial charge in [0.15, 0.2) is 0 Å². The van der Waals surface area contributed by atoms with Crippen LogP contribution in [0.3, 0.4) is 0 Å². The highest BCUT2D eigenvalue weighted by Gasteiger charge is 2.16. The van der Waals surface area contributed by atoms with Crippen LogP contribution in [0.4, 0.5) is 0 Å². The fourth-order valence-corrected chi connectivity index (χ4v) is 2.55. The lowest BCUT2D eigenvalue weighted by Gasteiger charge is -2.14. The fraction of sp³-hybridized carbons (Fsp3) is 0.562. The first-order chi connectivity index (χ1) is 9.75. The van der Waals surface area contributed by atoms with Crippen LogP contribution in [0, 0.1) is 0 Å². The molecule has 0 spiro atoms. The van der Waals surface area contributed by atoms with Crippen molar-refractivity contribution in [3.63, 3.8) is 0 Å². The van der Waals surface area contributed by atoms with Gasteiger partial charge in [0, 0.05) is 6.54 Å². The minimum atomic E-state index is -0.496. The second-order valence-corrected chi connectivity index (χ2v) is 5.36. The zero-order valence-electron chi connectivity index (χ0n) is 11.9. The van der Waals surface area contributed by atoms with Crippen molar-refractivity contribution in [2.45, 2.75) is 44.2 Å². The van der Waals surface area contributed by atoms with Gasteiger partial charge in [-0.25, -0.2) is 0 Å². The Hall–Kier alpha value is -1.39. The molecule has 1 amide bonds. The van der Waals surface area contributed by atoms with E-state index in [1.165, 1.54) is 12.8 Å². The van der Waals surface area contributed by atoms with Gasteiger partial charge in [0.2, 0.25) is 5.91 Å². The minimum Gasteiger partial charge on any atom is -0.376 e. The van der Waals surface area contributed by atoms with Crippen LogP contribution >= 0.6 is 0 Å². The number of carbonyl (C=O) groups is 1. The van der Waals surface area contributed by atoms with Crippen LogP contribution in [0.1, 0.15) is 31.2 Å². The van der Waals surface area contributed by atoms with E-state index in [1.807, 2.05) is 30.3 Å². The summed E-state index contributed by atoms with van der Waals surface area (Å²) in [5, 5.41) is 2.84. The first-order valence-electron chi connectivity index (χ1n) is 7.44. The van der Waals surface area contributed by atoms with Gasteiger partial charge in [-0.3, -0.25) is 4.79 Å². The van der Waals surface area contributed by atoms with Crippen LogP contribution in [-0.4, -0.2) is 31.2 Å². The average Bonchev–Trinajstić information content (AvgIpc) is 2.97. The van der Waals surface area contributed by atoms with Gasteiger partial charge >= 0.3 is 0 Å². The van der Waals surface area contributed by atoms with E-state index in [0.29, 0.717) is 25.7 Å². The molecule has 1 fully saturated rings.